The van der Waals surface area contributed by atoms with E-state index >= 15 is 0 Å². The van der Waals surface area contributed by atoms with Crippen molar-refractivity contribution in [1.29, 1.82) is 0 Å². The molecule has 0 saturated heterocycles. The maximum absolute atomic E-state index is 5.69. The van der Waals surface area contributed by atoms with Gasteiger partial charge in [0.25, 0.3) is 0 Å². The molecule has 0 bridgehead atoms. The predicted molar refractivity (Wildman–Crippen MR) is 81.4 cm³/mol. The minimum absolute atomic E-state index is 0.528. The Balaban J connectivity index is 1.78. The molecule has 0 unspecified atom stereocenters. The van der Waals surface area contributed by atoms with Crippen molar-refractivity contribution < 1.29 is 9.47 Å². The van der Waals surface area contributed by atoms with E-state index in [1.807, 2.05) is 49.4 Å². The fourth-order valence-corrected chi connectivity index (χ4v) is 1.99. The van der Waals surface area contributed by atoms with E-state index in [4.69, 9.17) is 15.2 Å². The Morgan fingerprint density at radius 3 is 2.55 bits per heavy atom. The summed E-state index contributed by atoms with van der Waals surface area (Å²) in [6.45, 7) is 3.75. The second-order valence-corrected chi connectivity index (χ2v) is 4.65. The molecule has 20 heavy (non-hydrogen) atoms. The monoisotopic (exact) mass is 271 g/mol. The number of aryl methyl sites for hydroxylation is 1. The molecule has 2 N–H and O–H groups in total. The van der Waals surface area contributed by atoms with Crippen molar-refractivity contribution in [2.24, 2.45) is 5.73 Å². The zero-order valence-corrected chi connectivity index (χ0v) is 11.8. The molecule has 0 amide bonds. The molecule has 0 aliphatic rings. The SMILES string of the molecule is Cc1ccccc1OCCOc1cccc(CCN)c1. The van der Waals surface area contributed by atoms with Gasteiger partial charge in [-0.1, -0.05) is 30.3 Å². The van der Waals surface area contributed by atoms with Gasteiger partial charge in [0.05, 0.1) is 0 Å². The molecule has 0 aliphatic carbocycles. The molecule has 0 aliphatic heterocycles. The summed E-state index contributed by atoms with van der Waals surface area (Å²) in [6, 6.07) is 16.0. The zero-order chi connectivity index (χ0) is 14.2. The van der Waals surface area contributed by atoms with Gasteiger partial charge in [-0.3, -0.25) is 0 Å². The first-order valence-electron chi connectivity index (χ1n) is 6.90. The van der Waals surface area contributed by atoms with Gasteiger partial charge in [-0.05, 0) is 49.2 Å². The summed E-state index contributed by atoms with van der Waals surface area (Å²) in [5.74, 6) is 1.78. The smallest absolute Gasteiger partial charge is 0.122 e. The molecule has 3 heteroatoms. The minimum atomic E-state index is 0.528. The van der Waals surface area contributed by atoms with E-state index in [9.17, 15) is 0 Å². The molecule has 3 nitrogen and oxygen atoms in total. The van der Waals surface area contributed by atoms with Gasteiger partial charge >= 0.3 is 0 Å². The first kappa shape index (κ1) is 14.4. The van der Waals surface area contributed by atoms with E-state index in [0.29, 0.717) is 19.8 Å². The van der Waals surface area contributed by atoms with Crippen LogP contribution in [0.5, 0.6) is 11.5 Å². The lowest BCUT2D eigenvalue weighted by Crippen LogP contribution is -2.10. The third-order valence-electron chi connectivity index (χ3n) is 3.03. The number of benzene rings is 2. The molecule has 0 spiro atoms. The summed E-state index contributed by atoms with van der Waals surface area (Å²) in [7, 11) is 0. The van der Waals surface area contributed by atoms with Crippen LogP contribution in [0.1, 0.15) is 11.1 Å². The molecule has 0 aromatic heterocycles. The van der Waals surface area contributed by atoms with Crippen LogP contribution in [0.15, 0.2) is 48.5 Å². The Bertz CT molecular complexity index is 540. The van der Waals surface area contributed by atoms with E-state index in [1.165, 1.54) is 5.56 Å². The molecule has 0 heterocycles. The topological polar surface area (TPSA) is 44.5 Å². The number of nitrogens with two attached hydrogens (primary N) is 1. The summed E-state index contributed by atoms with van der Waals surface area (Å²) in [5, 5.41) is 0. The third kappa shape index (κ3) is 4.28. The normalized spacial score (nSPS) is 10.3. The summed E-state index contributed by atoms with van der Waals surface area (Å²) < 4.78 is 11.4. The van der Waals surface area contributed by atoms with Crippen LogP contribution in [0.3, 0.4) is 0 Å². The predicted octanol–water partition coefficient (Wildman–Crippen LogP) is 2.95. The van der Waals surface area contributed by atoms with Crippen LogP contribution < -0.4 is 15.2 Å². The molecular formula is C17H21NO2. The molecule has 2 rings (SSSR count). The summed E-state index contributed by atoms with van der Waals surface area (Å²) in [5.41, 5.74) is 7.89. The molecule has 0 saturated carbocycles. The lowest BCUT2D eigenvalue weighted by molar-refractivity contribution is 0.216. The Kier molecular flexibility index (Phi) is 5.44. The largest absolute Gasteiger partial charge is 0.490 e. The Morgan fingerprint density at radius 1 is 0.950 bits per heavy atom. The Morgan fingerprint density at radius 2 is 1.75 bits per heavy atom. The van der Waals surface area contributed by atoms with E-state index in [2.05, 4.69) is 6.07 Å². The fraction of sp³-hybridized carbons (Fsp3) is 0.294. The maximum Gasteiger partial charge on any atom is 0.122 e. The minimum Gasteiger partial charge on any atom is -0.490 e. The van der Waals surface area contributed by atoms with Crippen LogP contribution >= 0.6 is 0 Å². The molecule has 0 fully saturated rings. The van der Waals surface area contributed by atoms with E-state index in [-0.39, 0.29) is 0 Å². The van der Waals surface area contributed by atoms with Gasteiger partial charge in [0.2, 0.25) is 0 Å². The Labute approximate surface area is 120 Å². The van der Waals surface area contributed by atoms with Gasteiger partial charge in [0.1, 0.15) is 24.7 Å². The lowest BCUT2D eigenvalue weighted by atomic mass is 10.1. The van der Waals surface area contributed by atoms with Gasteiger partial charge in [-0.15, -0.1) is 0 Å². The lowest BCUT2D eigenvalue weighted by Gasteiger charge is -2.10. The molecule has 0 radical (unpaired) electrons. The highest BCUT2D eigenvalue weighted by Crippen LogP contribution is 2.16. The molecule has 106 valence electrons. The number of hydrogen-bond acceptors (Lipinski definition) is 3. The van der Waals surface area contributed by atoms with Gasteiger partial charge < -0.3 is 15.2 Å². The van der Waals surface area contributed by atoms with Crippen LogP contribution in [0.2, 0.25) is 0 Å². The highest BCUT2D eigenvalue weighted by atomic mass is 16.5. The number of para-hydroxylation sites is 1. The second-order valence-electron chi connectivity index (χ2n) is 4.65. The first-order valence-corrected chi connectivity index (χ1v) is 6.90. The van der Waals surface area contributed by atoms with Crippen molar-refractivity contribution in [3.05, 3.63) is 59.7 Å². The van der Waals surface area contributed by atoms with Crippen LogP contribution in [0.25, 0.3) is 0 Å². The summed E-state index contributed by atoms with van der Waals surface area (Å²) in [6.07, 6.45) is 0.872. The zero-order valence-electron chi connectivity index (χ0n) is 11.8. The third-order valence-corrected chi connectivity index (χ3v) is 3.03. The molecular weight excluding hydrogens is 250 g/mol. The summed E-state index contributed by atoms with van der Waals surface area (Å²) >= 11 is 0. The molecule has 2 aromatic rings. The maximum atomic E-state index is 5.69. The van der Waals surface area contributed by atoms with Crippen molar-refractivity contribution in [3.63, 3.8) is 0 Å². The highest BCUT2D eigenvalue weighted by molar-refractivity contribution is 5.31. The van der Waals surface area contributed by atoms with E-state index in [0.717, 1.165) is 23.5 Å². The van der Waals surface area contributed by atoms with Crippen LogP contribution in [-0.4, -0.2) is 19.8 Å². The quantitative estimate of drug-likeness (QED) is 0.787. The van der Waals surface area contributed by atoms with Crippen molar-refractivity contribution >= 4 is 0 Å². The fourth-order valence-electron chi connectivity index (χ4n) is 1.99. The van der Waals surface area contributed by atoms with Gasteiger partial charge in [-0.25, -0.2) is 0 Å². The standard InChI is InChI=1S/C17H21NO2/c1-14-5-2-3-8-17(14)20-12-11-19-16-7-4-6-15(13-16)9-10-18/h2-8,13H,9-12,18H2,1H3. The summed E-state index contributed by atoms with van der Waals surface area (Å²) in [4.78, 5) is 0. The number of ether oxygens (including phenoxy) is 2. The highest BCUT2D eigenvalue weighted by Gasteiger charge is 1.99. The van der Waals surface area contributed by atoms with Crippen molar-refractivity contribution in [3.8, 4) is 11.5 Å². The van der Waals surface area contributed by atoms with Crippen molar-refractivity contribution in [2.45, 2.75) is 13.3 Å². The number of hydrogen-bond donors (Lipinski definition) is 1. The van der Waals surface area contributed by atoms with E-state index < -0.39 is 0 Å². The van der Waals surface area contributed by atoms with Crippen molar-refractivity contribution in [1.82, 2.24) is 0 Å². The molecule has 2 aromatic carbocycles. The van der Waals surface area contributed by atoms with Gasteiger partial charge in [-0.2, -0.15) is 0 Å². The molecule has 0 atom stereocenters. The van der Waals surface area contributed by atoms with Crippen LogP contribution in [0.4, 0.5) is 0 Å². The number of rotatable bonds is 7. The van der Waals surface area contributed by atoms with Crippen LogP contribution in [0, 0.1) is 6.92 Å². The van der Waals surface area contributed by atoms with Crippen LogP contribution in [-0.2, 0) is 6.42 Å². The average Bonchev–Trinajstić information content (AvgIpc) is 2.46. The van der Waals surface area contributed by atoms with Gasteiger partial charge in [0, 0.05) is 0 Å². The average molecular weight is 271 g/mol. The van der Waals surface area contributed by atoms with Crippen molar-refractivity contribution in [2.75, 3.05) is 19.8 Å². The Hall–Kier alpha value is -2.00. The van der Waals surface area contributed by atoms with E-state index in [1.54, 1.807) is 0 Å². The first-order chi connectivity index (χ1) is 9.79. The second kappa shape index (κ2) is 7.56. The van der Waals surface area contributed by atoms with Gasteiger partial charge in [0.15, 0.2) is 0 Å².